The summed E-state index contributed by atoms with van der Waals surface area (Å²) in [5.74, 6) is -0.812. The molecule has 0 saturated carbocycles. The van der Waals surface area contributed by atoms with E-state index in [9.17, 15) is 14.4 Å². The van der Waals surface area contributed by atoms with Crippen molar-refractivity contribution in [2.75, 3.05) is 13.2 Å². The Labute approximate surface area is 223 Å². The monoisotopic (exact) mass is 514 g/mol. The number of benzene rings is 3. The zero-order chi connectivity index (χ0) is 27.7. The molecule has 0 fully saturated rings. The SMILES string of the molecule is C=C(C)C(=O)OCCCCc1ccc2cc(C(=O)Oc3ccc(C)cc3CCOC(=O)C(=C)C)ccc2c1. The molecule has 0 aromatic heterocycles. The van der Waals surface area contributed by atoms with Gasteiger partial charge in [0, 0.05) is 17.6 Å². The molecular formula is C32H34O6. The maximum Gasteiger partial charge on any atom is 0.343 e. The molecule has 0 N–H and O–H groups in total. The summed E-state index contributed by atoms with van der Waals surface area (Å²) in [6.07, 6.45) is 2.95. The Morgan fingerprint density at radius 1 is 0.737 bits per heavy atom. The number of ether oxygens (including phenoxy) is 3. The highest BCUT2D eigenvalue weighted by Crippen LogP contribution is 2.24. The van der Waals surface area contributed by atoms with Crippen LogP contribution in [0.5, 0.6) is 5.75 Å². The summed E-state index contributed by atoms with van der Waals surface area (Å²) in [6.45, 7) is 12.9. The highest BCUT2D eigenvalue weighted by molar-refractivity contribution is 5.96. The van der Waals surface area contributed by atoms with Crippen molar-refractivity contribution in [2.45, 2.75) is 46.5 Å². The van der Waals surface area contributed by atoms with Crippen LogP contribution in [0.1, 0.15) is 53.7 Å². The number of unbranched alkanes of at least 4 members (excludes halogenated alkanes) is 1. The summed E-state index contributed by atoms with van der Waals surface area (Å²) in [5, 5.41) is 1.97. The van der Waals surface area contributed by atoms with Gasteiger partial charge in [-0.1, -0.05) is 55.1 Å². The topological polar surface area (TPSA) is 78.9 Å². The van der Waals surface area contributed by atoms with Crippen LogP contribution in [0.15, 0.2) is 78.9 Å². The van der Waals surface area contributed by atoms with Crippen LogP contribution >= 0.6 is 0 Å². The average Bonchev–Trinajstić information content (AvgIpc) is 2.89. The van der Waals surface area contributed by atoms with Crippen molar-refractivity contribution >= 4 is 28.7 Å². The lowest BCUT2D eigenvalue weighted by Crippen LogP contribution is -2.12. The van der Waals surface area contributed by atoms with Crippen LogP contribution in [0.3, 0.4) is 0 Å². The minimum atomic E-state index is -0.454. The third kappa shape index (κ3) is 8.17. The minimum Gasteiger partial charge on any atom is -0.462 e. The fourth-order valence-corrected chi connectivity index (χ4v) is 3.84. The summed E-state index contributed by atoms with van der Waals surface area (Å²) in [4.78, 5) is 36.1. The standard InChI is InChI=1S/C32H34O6/c1-21(2)30(33)36-16-7-6-8-24-10-11-26-20-28(13-12-25(26)19-24)32(35)38-29-14-9-23(5)18-27(29)15-17-37-31(34)22(3)4/h9-14,18-20H,1,3,6-8,15-17H2,2,4-5H3. The van der Waals surface area contributed by atoms with Gasteiger partial charge in [0.25, 0.3) is 0 Å². The Morgan fingerprint density at radius 3 is 2.11 bits per heavy atom. The first-order valence-corrected chi connectivity index (χ1v) is 12.6. The van der Waals surface area contributed by atoms with Gasteiger partial charge in [-0.05, 0) is 80.1 Å². The molecule has 38 heavy (non-hydrogen) atoms. The van der Waals surface area contributed by atoms with Gasteiger partial charge < -0.3 is 14.2 Å². The lowest BCUT2D eigenvalue weighted by atomic mass is 10.0. The first kappa shape index (κ1) is 28.4. The first-order chi connectivity index (χ1) is 18.1. The van der Waals surface area contributed by atoms with Gasteiger partial charge >= 0.3 is 17.9 Å². The van der Waals surface area contributed by atoms with Crippen LogP contribution in [0.4, 0.5) is 0 Å². The van der Waals surface area contributed by atoms with Crippen LogP contribution in [0, 0.1) is 6.92 Å². The van der Waals surface area contributed by atoms with Crippen molar-refractivity contribution < 1.29 is 28.6 Å². The van der Waals surface area contributed by atoms with E-state index in [-0.39, 0.29) is 12.6 Å². The van der Waals surface area contributed by atoms with Crippen LogP contribution in [0.25, 0.3) is 10.8 Å². The quantitative estimate of drug-likeness (QED) is 0.119. The third-order valence-corrected chi connectivity index (χ3v) is 5.95. The lowest BCUT2D eigenvalue weighted by Gasteiger charge is -2.12. The molecule has 0 spiro atoms. The van der Waals surface area contributed by atoms with E-state index in [0.29, 0.717) is 35.5 Å². The zero-order valence-electron chi connectivity index (χ0n) is 22.3. The van der Waals surface area contributed by atoms with Crippen LogP contribution < -0.4 is 4.74 Å². The Morgan fingerprint density at radius 2 is 1.39 bits per heavy atom. The molecule has 0 heterocycles. The van der Waals surface area contributed by atoms with Crippen LogP contribution in [-0.4, -0.2) is 31.1 Å². The van der Waals surface area contributed by atoms with Gasteiger partial charge in [-0.2, -0.15) is 0 Å². The van der Waals surface area contributed by atoms with Gasteiger partial charge in [-0.25, -0.2) is 14.4 Å². The lowest BCUT2D eigenvalue weighted by molar-refractivity contribution is -0.139. The molecule has 0 unspecified atom stereocenters. The van der Waals surface area contributed by atoms with Crippen molar-refractivity contribution in [3.8, 4) is 5.75 Å². The predicted molar refractivity (Wildman–Crippen MR) is 148 cm³/mol. The molecule has 6 heteroatoms. The van der Waals surface area contributed by atoms with Crippen molar-refractivity contribution in [1.82, 2.24) is 0 Å². The van der Waals surface area contributed by atoms with Gasteiger partial charge in [-0.15, -0.1) is 0 Å². The number of fused-ring (bicyclic) bond motifs is 1. The highest BCUT2D eigenvalue weighted by atomic mass is 16.5. The number of carbonyl (C=O) groups excluding carboxylic acids is 3. The maximum atomic E-state index is 13.0. The van der Waals surface area contributed by atoms with E-state index in [1.807, 2.05) is 43.3 Å². The third-order valence-electron chi connectivity index (χ3n) is 5.95. The fourth-order valence-electron chi connectivity index (χ4n) is 3.84. The van der Waals surface area contributed by atoms with Gasteiger partial charge in [0.2, 0.25) is 0 Å². The summed E-state index contributed by atoms with van der Waals surface area (Å²) in [6, 6.07) is 17.2. The molecule has 0 saturated heterocycles. The first-order valence-electron chi connectivity index (χ1n) is 12.6. The minimum absolute atomic E-state index is 0.164. The van der Waals surface area contributed by atoms with E-state index in [0.717, 1.165) is 41.2 Å². The molecule has 3 rings (SSSR count). The van der Waals surface area contributed by atoms with E-state index in [1.165, 1.54) is 5.56 Å². The summed E-state index contributed by atoms with van der Waals surface area (Å²) in [5.41, 5.74) is 4.17. The molecule has 0 radical (unpaired) electrons. The Bertz CT molecular complexity index is 1370. The van der Waals surface area contributed by atoms with Gasteiger partial charge in [0.15, 0.2) is 0 Å². The molecule has 0 amide bonds. The molecule has 198 valence electrons. The fraction of sp³-hybridized carbons (Fsp3) is 0.281. The summed E-state index contributed by atoms with van der Waals surface area (Å²) < 4.78 is 16.1. The molecule has 0 aliphatic carbocycles. The normalized spacial score (nSPS) is 10.6. The smallest absolute Gasteiger partial charge is 0.343 e. The highest BCUT2D eigenvalue weighted by Gasteiger charge is 2.14. The molecule has 3 aromatic carbocycles. The largest absolute Gasteiger partial charge is 0.462 e. The van der Waals surface area contributed by atoms with Crippen LogP contribution in [0.2, 0.25) is 0 Å². The number of carbonyl (C=O) groups is 3. The van der Waals surface area contributed by atoms with Gasteiger partial charge in [0.05, 0.1) is 18.8 Å². The zero-order valence-corrected chi connectivity index (χ0v) is 22.3. The molecule has 0 aliphatic rings. The Kier molecular flexibility index (Phi) is 9.99. The average molecular weight is 515 g/mol. The molecular weight excluding hydrogens is 480 g/mol. The second-order valence-electron chi connectivity index (χ2n) is 9.44. The predicted octanol–water partition coefficient (Wildman–Crippen LogP) is 6.47. The van der Waals surface area contributed by atoms with E-state index in [2.05, 4.69) is 19.2 Å². The number of hydrogen-bond acceptors (Lipinski definition) is 6. The molecule has 3 aromatic rings. The van der Waals surface area contributed by atoms with Crippen molar-refractivity contribution in [1.29, 1.82) is 0 Å². The molecule has 0 bridgehead atoms. The second kappa shape index (κ2) is 13.4. The van der Waals surface area contributed by atoms with Crippen LogP contribution in [-0.2, 0) is 31.9 Å². The van der Waals surface area contributed by atoms with Crippen molar-refractivity contribution in [2.24, 2.45) is 0 Å². The molecule has 0 atom stereocenters. The van der Waals surface area contributed by atoms with Gasteiger partial charge in [-0.3, -0.25) is 0 Å². The number of hydrogen-bond donors (Lipinski definition) is 0. The number of aryl methyl sites for hydroxylation is 2. The number of esters is 3. The second-order valence-corrected chi connectivity index (χ2v) is 9.44. The van der Waals surface area contributed by atoms with E-state index >= 15 is 0 Å². The Hall–Kier alpha value is -4.19. The Balaban J connectivity index is 1.61. The molecule has 6 nitrogen and oxygen atoms in total. The van der Waals surface area contributed by atoms with E-state index in [1.54, 1.807) is 26.0 Å². The molecule has 0 aliphatic heterocycles. The van der Waals surface area contributed by atoms with Gasteiger partial charge in [0.1, 0.15) is 5.75 Å². The maximum absolute atomic E-state index is 13.0. The number of rotatable bonds is 12. The summed E-state index contributed by atoms with van der Waals surface area (Å²) >= 11 is 0. The van der Waals surface area contributed by atoms with Crippen molar-refractivity contribution in [3.63, 3.8) is 0 Å². The van der Waals surface area contributed by atoms with Crippen molar-refractivity contribution in [3.05, 3.63) is 101 Å². The van der Waals surface area contributed by atoms with E-state index < -0.39 is 11.9 Å². The van der Waals surface area contributed by atoms with E-state index in [4.69, 9.17) is 14.2 Å². The summed E-state index contributed by atoms with van der Waals surface area (Å²) in [7, 11) is 0.